The fourth-order valence-electron chi connectivity index (χ4n) is 2.28. The minimum atomic E-state index is -1.22. The Morgan fingerprint density at radius 2 is 1.57 bits per heavy atom. The van der Waals surface area contributed by atoms with Gasteiger partial charge in [-0.15, -0.1) is 0 Å². The number of ether oxygens (including phenoxy) is 1. The number of esters is 1. The van der Waals surface area contributed by atoms with Gasteiger partial charge in [0.1, 0.15) is 12.3 Å². The molecule has 0 saturated carbocycles. The van der Waals surface area contributed by atoms with Gasteiger partial charge in [-0.1, -0.05) is 13.3 Å². The predicted molar refractivity (Wildman–Crippen MR) is 85.4 cm³/mol. The second-order valence-corrected chi connectivity index (χ2v) is 7.01. The van der Waals surface area contributed by atoms with Gasteiger partial charge in [0.25, 0.3) is 0 Å². The van der Waals surface area contributed by atoms with Crippen molar-refractivity contribution in [2.45, 2.75) is 64.4 Å². The van der Waals surface area contributed by atoms with Gasteiger partial charge in [0.15, 0.2) is 6.10 Å². The molecule has 0 aromatic carbocycles. The van der Waals surface area contributed by atoms with Crippen LogP contribution in [0.5, 0.6) is 0 Å². The average molecular weight is 329 g/mol. The van der Waals surface area contributed by atoms with Gasteiger partial charge in [-0.25, -0.2) is 0 Å². The lowest BCUT2D eigenvalue weighted by molar-refractivity contribution is -0.873. The molecule has 0 aliphatic carbocycles. The van der Waals surface area contributed by atoms with Gasteiger partial charge in [0.2, 0.25) is 0 Å². The largest absolute Gasteiger partial charge is 0.550 e. The minimum absolute atomic E-state index is 0.210. The summed E-state index contributed by atoms with van der Waals surface area (Å²) in [5, 5.41) is 10.8. The number of carbonyl (C=O) groups is 3. The summed E-state index contributed by atoms with van der Waals surface area (Å²) < 4.78 is 5.75. The molecule has 0 radical (unpaired) electrons. The molecule has 0 spiro atoms. The van der Waals surface area contributed by atoms with Gasteiger partial charge in [0.05, 0.1) is 21.1 Å². The first-order valence-corrected chi connectivity index (χ1v) is 8.35. The summed E-state index contributed by atoms with van der Waals surface area (Å²) >= 11 is 0. The molecule has 0 fully saturated rings. The maximum absolute atomic E-state index is 11.8. The molecule has 0 N–H and O–H groups in total. The molecule has 23 heavy (non-hydrogen) atoms. The lowest BCUT2D eigenvalue weighted by Crippen LogP contribution is -2.45. The highest BCUT2D eigenvalue weighted by molar-refractivity contribution is 5.78. The first kappa shape index (κ1) is 21.6. The van der Waals surface area contributed by atoms with E-state index in [1.54, 1.807) is 0 Å². The van der Waals surface area contributed by atoms with Crippen molar-refractivity contribution >= 4 is 17.7 Å². The van der Waals surface area contributed by atoms with Crippen LogP contribution >= 0.6 is 0 Å². The lowest BCUT2D eigenvalue weighted by Gasteiger charge is -2.29. The van der Waals surface area contributed by atoms with Crippen molar-refractivity contribution in [3.05, 3.63) is 0 Å². The van der Waals surface area contributed by atoms with Crippen LogP contribution in [0.15, 0.2) is 0 Å². The molecule has 1 atom stereocenters. The molecular weight excluding hydrogens is 298 g/mol. The van der Waals surface area contributed by atoms with Crippen LogP contribution in [0.4, 0.5) is 0 Å². The number of hydrogen-bond donors (Lipinski definition) is 0. The Kier molecular flexibility index (Phi) is 10.5. The zero-order chi connectivity index (χ0) is 17.9. The number of carboxylic acids is 1. The van der Waals surface area contributed by atoms with Crippen LogP contribution in [0, 0.1) is 0 Å². The van der Waals surface area contributed by atoms with Crippen LogP contribution in [-0.2, 0) is 19.1 Å². The molecule has 0 aromatic heterocycles. The van der Waals surface area contributed by atoms with E-state index in [1.807, 2.05) is 28.1 Å². The Morgan fingerprint density at radius 1 is 1.00 bits per heavy atom. The van der Waals surface area contributed by atoms with Crippen molar-refractivity contribution in [1.82, 2.24) is 0 Å². The second-order valence-electron chi connectivity index (χ2n) is 7.01. The van der Waals surface area contributed by atoms with Crippen LogP contribution in [0.1, 0.15) is 58.3 Å². The van der Waals surface area contributed by atoms with Crippen molar-refractivity contribution in [3.8, 4) is 0 Å². The summed E-state index contributed by atoms with van der Waals surface area (Å²) in [4.78, 5) is 34.1. The van der Waals surface area contributed by atoms with Gasteiger partial charge in [0, 0.05) is 31.7 Å². The molecule has 6 nitrogen and oxygen atoms in total. The quantitative estimate of drug-likeness (QED) is 0.287. The number of hydrogen-bond acceptors (Lipinski definition) is 5. The highest BCUT2D eigenvalue weighted by Gasteiger charge is 2.22. The number of aliphatic carboxylic acids is 1. The van der Waals surface area contributed by atoms with Gasteiger partial charge >= 0.3 is 5.97 Å². The molecule has 0 amide bonds. The molecule has 0 heterocycles. The fraction of sp³-hybridized carbons (Fsp3) is 0.824. The summed E-state index contributed by atoms with van der Waals surface area (Å²) in [6.07, 6.45) is 3.50. The van der Waals surface area contributed by atoms with E-state index in [1.165, 1.54) is 0 Å². The van der Waals surface area contributed by atoms with Crippen LogP contribution < -0.4 is 5.11 Å². The number of unbranched alkanes of at least 4 members (excludes halogenated alkanes) is 2. The minimum Gasteiger partial charge on any atom is -0.550 e. The Hall–Kier alpha value is -1.43. The maximum Gasteiger partial charge on any atom is 0.306 e. The molecule has 6 heteroatoms. The van der Waals surface area contributed by atoms with E-state index in [-0.39, 0.29) is 18.6 Å². The number of carboxylic acid groups (broad SMARTS) is 1. The van der Waals surface area contributed by atoms with Crippen LogP contribution in [0.3, 0.4) is 0 Å². The van der Waals surface area contributed by atoms with Crippen molar-refractivity contribution in [1.29, 1.82) is 0 Å². The first-order chi connectivity index (χ1) is 10.6. The fourth-order valence-corrected chi connectivity index (χ4v) is 2.28. The number of ketones is 1. The summed E-state index contributed by atoms with van der Waals surface area (Å²) in [6.45, 7) is 2.46. The lowest BCUT2D eigenvalue weighted by atomic mass is 10.1. The third kappa shape index (κ3) is 13.9. The summed E-state index contributed by atoms with van der Waals surface area (Å²) in [6, 6.07) is 0. The molecule has 1 unspecified atom stereocenters. The SMILES string of the molecule is CCCCC(=O)CCCCC(=O)OC(CC(=O)[O-])C[N+](C)(C)C. The van der Waals surface area contributed by atoms with Crippen LogP contribution in [0.25, 0.3) is 0 Å². The van der Waals surface area contributed by atoms with Crippen LogP contribution in [0.2, 0.25) is 0 Å². The average Bonchev–Trinajstić information content (AvgIpc) is 2.38. The van der Waals surface area contributed by atoms with Gasteiger partial charge < -0.3 is 19.1 Å². The number of likely N-dealkylation sites (N-methyl/N-ethyl adjacent to an activating group) is 1. The second kappa shape index (κ2) is 11.2. The van der Waals surface area contributed by atoms with E-state index in [9.17, 15) is 19.5 Å². The Labute approximate surface area is 139 Å². The van der Waals surface area contributed by atoms with Crippen molar-refractivity contribution in [3.63, 3.8) is 0 Å². The maximum atomic E-state index is 11.8. The number of rotatable bonds is 13. The highest BCUT2D eigenvalue weighted by Crippen LogP contribution is 2.09. The van der Waals surface area contributed by atoms with Crippen LogP contribution in [-0.4, -0.2) is 56.0 Å². The number of quaternary nitrogens is 1. The number of nitrogens with zero attached hydrogens (tertiary/aromatic N) is 1. The van der Waals surface area contributed by atoms with Gasteiger partial charge in [-0.3, -0.25) is 9.59 Å². The monoisotopic (exact) mass is 329 g/mol. The van der Waals surface area contributed by atoms with E-state index in [0.29, 0.717) is 36.7 Å². The molecule has 0 aliphatic heterocycles. The predicted octanol–water partition coefficient (Wildman–Crippen LogP) is 1.06. The van der Waals surface area contributed by atoms with Gasteiger partial charge in [-0.05, 0) is 19.3 Å². The van der Waals surface area contributed by atoms with Crippen molar-refractivity contribution in [2.75, 3.05) is 27.7 Å². The van der Waals surface area contributed by atoms with E-state index in [0.717, 1.165) is 12.8 Å². The summed E-state index contributed by atoms with van der Waals surface area (Å²) in [5.41, 5.74) is 0. The smallest absolute Gasteiger partial charge is 0.306 e. The molecule has 0 aliphatic rings. The molecule has 0 rings (SSSR count). The topological polar surface area (TPSA) is 83.5 Å². The van der Waals surface area contributed by atoms with E-state index in [2.05, 4.69) is 0 Å². The first-order valence-electron chi connectivity index (χ1n) is 8.35. The third-order valence-electron chi connectivity index (χ3n) is 3.34. The number of carbonyl (C=O) groups excluding carboxylic acids is 3. The molecule has 0 bridgehead atoms. The zero-order valence-electron chi connectivity index (χ0n) is 14.9. The standard InChI is InChI=1S/C17H31NO5/c1-5-6-9-14(19)10-7-8-11-17(22)23-15(12-16(20)21)13-18(2,3)4/h15H,5-13H2,1-4H3. The zero-order valence-corrected chi connectivity index (χ0v) is 14.9. The molecule has 0 aromatic rings. The van der Waals surface area contributed by atoms with Crippen molar-refractivity contribution in [2.24, 2.45) is 0 Å². The third-order valence-corrected chi connectivity index (χ3v) is 3.34. The highest BCUT2D eigenvalue weighted by atomic mass is 16.5. The van der Waals surface area contributed by atoms with Crippen molar-refractivity contribution < 1.29 is 28.7 Å². The Bertz CT molecular complexity index is 387. The summed E-state index contributed by atoms with van der Waals surface area (Å²) in [5.74, 6) is -1.40. The molecule has 0 saturated heterocycles. The molecular formula is C17H31NO5. The van der Waals surface area contributed by atoms with Gasteiger partial charge in [-0.2, -0.15) is 0 Å². The summed E-state index contributed by atoms with van der Waals surface area (Å²) in [7, 11) is 5.70. The normalized spacial score (nSPS) is 12.7. The van der Waals surface area contributed by atoms with E-state index >= 15 is 0 Å². The van der Waals surface area contributed by atoms with E-state index in [4.69, 9.17) is 4.74 Å². The number of Topliss-reactive ketones (excluding diaryl/α,β-unsaturated/α-hetero) is 1. The Balaban J connectivity index is 4.07. The van der Waals surface area contributed by atoms with E-state index < -0.39 is 18.0 Å². The Morgan fingerprint density at radius 3 is 2.09 bits per heavy atom. The molecule has 134 valence electrons.